The molecule has 1 N–H and O–H groups in total. The number of benzene rings is 1. The van der Waals surface area contributed by atoms with Crippen molar-refractivity contribution in [3.8, 4) is 5.75 Å². The third-order valence-corrected chi connectivity index (χ3v) is 3.77. The molecule has 1 heterocycles. The van der Waals surface area contributed by atoms with Gasteiger partial charge in [-0.1, -0.05) is 25.4 Å². The first-order valence-corrected chi connectivity index (χ1v) is 7.75. The molecule has 20 heavy (non-hydrogen) atoms. The normalized spacial score (nSPS) is 16.6. The molecule has 3 nitrogen and oxygen atoms in total. The molecule has 1 aliphatic heterocycles. The van der Waals surface area contributed by atoms with Crippen molar-refractivity contribution in [2.24, 2.45) is 5.92 Å². The van der Waals surface area contributed by atoms with E-state index in [1.54, 1.807) is 0 Å². The van der Waals surface area contributed by atoms with Gasteiger partial charge in [0.05, 0.1) is 6.61 Å². The van der Waals surface area contributed by atoms with Crippen LogP contribution in [0.25, 0.3) is 0 Å². The minimum atomic E-state index is 0.442. The maximum atomic E-state index is 6.08. The second-order valence-corrected chi connectivity index (χ2v) is 6.09. The van der Waals surface area contributed by atoms with E-state index < -0.39 is 0 Å². The quantitative estimate of drug-likeness (QED) is 0.869. The lowest BCUT2D eigenvalue weighted by Crippen LogP contribution is -2.23. The van der Waals surface area contributed by atoms with Gasteiger partial charge in [-0.2, -0.15) is 0 Å². The number of nitrogens with one attached hydrogen (secondary N) is 1. The van der Waals surface area contributed by atoms with Gasteiger partial charge in [0.1, 0.15) is 5.75 Å². The molecular weight excluding hydrogens is 274 g/mol. The molecule has 0 aromatic heterocycles. The topological polar surface area (TPSA) is 30.5 Å². The van der Waals surface area contributed by atoms with Gasteiger partial charge in [-0.3, -0.25) is 0 Å². The fraction of sp³-hybridized carbons (Fsp3) is 0.625. The highest BCUT2D eigenvalue weighted by molar-refractivity contribution is 6.30. The van der Waals surface area contributed by atoms with Gasteiger partial charge in [-0.05, 0) is 37.0 Å². The average Bonchev–Trinajstić information content (AvgIpc) is 2.45. The van der Waals surface area contributed by atoms with Crippen LogP contribution in [0.2, 0.25) is 5.02 Å². The minimum Gasteiger partial charge on any atom is -0.493 e. The first-order valence-electron chi connectivity index (χ1n) is 7.37. The van der Waals surface area contributed by atoms with E-state index in [2.05, 4.69) is 19.2 Å². The fourth-order valence-electron chi connectivity index (χ4n) is 2.26. The van der Waals surface area contributed by atoms with Gasteiger partial charge in [-0.15, -0.1) is 0 Å². The van der Waals surface area contributed by atoms with Crippen LogP contribution in [0, 0.1) is 5.92 Å². The summed E-state index contributed by atoms with van der Waals surface area (Å²) in [6.07, 6.45) is 2.18. The van der Waals surface area contributed by atoms with Crippen molar-refractivity contribution in [2.45, 2.75) is 39.3 Å². The van der Waals surface area contributed by atoms with E-state index in [4.69, 9.17) is 21.1 Å². The molecule has 0 atom stereocenters. The smallest absolute Gasteiger partial charge is 0.123 e. The predicted octanol–water partition coefficient (Wildman–Crippen LogP) is 3.64. The summed E-state index contributed by atoms with van der Waals surface area (Å²) in [5.74, 6) is 1.54. The Morgan fingerprint density at radius 1 is 1.35 bits per heavy atom. The Morgan fingerprint density at radius 2 is 2.10 bits per heavy atom. The van der Waals surface area contributed by atoms with Crippen LogP contribution in [-0.2, 0) is 11.3 Å². The number of ether oxygens (including phenoxy) is 2. The molecule has 0 amide bonds. The van der Waals surface area contributed by atoms with Crippen LogP contribution in [0.15, 0.2) is 18.2 Å². The van der Waals surface area contributed by atoms with Crippen molar-refractivity contribution in [3.63, 3.8) is 0 Å². The maximum Gasteiger partial charge on any atom is 0.123 e. The molecule has 0 bridgehead atoms. The average molecular weight is 298 g/mol. The second-order valence-electron chi connectivity index (χ2n) is 5.65. The van der Waals surface area contributed by atoms with E-state index in [1.807, 2.05) is 18.2 Å². The zero-order chi connectivity index (χ0) is 14.4. The van der Waals surface area contributed by atoms with E-state index in [1.165, 1.54) is 0 Å². The summed E-state index contributed by atoms with van der Waals surface area (Å²) < 4.78 is 11.4. The van der Waals surface area contributed by atoms with E-state index in [9.17, 15) is 0 Å². The molecule has 0 spiro atoms. The minimum absolute atomic E-state index is 0.442. The van der Waals surface area contributed by atoms with Crippen molar-refractivity contribution >= 4 is 11.6 Å². The SMILES string of the molecule is CC(C)NCc1cc(Cl)ccc1OCC1CCOCC1. The fourth-order valence-corrected chi connectivity index (χ4v) is 2.46. The molecule has 1 fully saturated rings. The van der Waals surface area contributed by atoms with Gasteiger partial charge in [-0.25, -0.2) is 0 Å². The predicted molar refractivity (Wildman–Crippen MR) is 82.5 cm³/mol. The summed E-state index contributed by atoms with van der Waals surface area (Å²) >= 11 is 6.08. The molecule has 0 saturated carbocycles. The van der Waals surface area contributed by atoms with Gasteiger partial charge in [0, 0.05) is 36.4 Å². The molecule has 1 aromatic carbocycles. The van der Waals surface area contributed by atoms with Gasteiger partial charge >= 0.3 is 0 Å². The maximum absolute atomic E-state index is 6.08. The Bertz CT molecular complexity index is 417. The largest absolute Gasteiger partial charge is 0.493 e. The van der Waals surface area contributed by atoms with Crippen molar-refractivity contribution in [1.82, 2.24) is 5.32 Å². The summed E-state index contributed by atoms with van der Waals surface area (Å²) in [6.45, 7) is 7.52. The lowest BCUT2D eigenvalue weighted by molar-refractivity contribution is 0.0496. The standard InChI is InChI=1S/C16H24ClNO2/c1-12(2)18-10-14-9-15(17)3-4-16(14)20-11-13-5-7-19-8-6-13/h3-4,9,12-13,18H,5-8,10-11H2,1-2H3. The molecule has 1 aliphatic rings. The summed E-state index contributed by atoms with van der Waals surface area (Å²) in [7, 11) is 0. The van der Waals surface area contributed by atoms with Crippen molar-refractivity contribution in [3.05, 3.63) is 28.8 Å². The Labute approximate surface area is 126 Å². The molecular formula is C16H24ClNO2. The first-order chi connectivity index (χ1) is 9.65. The van der Waals surface area contributed by atoms with Crippen LogP contribution in [0.3, 0.4) is 0 Å². The zero-order valence-corrected chi connectivity index (χ0v) is 13.1. The highest BCUT2D eigenvalue weighted by atomic mass is 35.5. The monoisotopic (exact) mass is 297 g/mol. The molecule has 112 valence electrons. The van der Waals surface area contributed by atoms with Crippen molar-refractivity contribution < 1.29 is 9.47 Å². The van der Waals surface area contributed by atoms with E-state index in [0.717, 1.165) is 55.5 Å². The molecule has 0 unspecified atom stereocenters. The molecule has 1 aromatic rings. The highest BCUT2D eigenvalue weighted by Crippen LogP contribution is 2.25. The highest BCUT2D eigenvalue weighted by Gasteiger charge is 2.15. The Hall–Kier alpha value is -0.770. The molecule has 4 heteroatoms. The number of rotatable bonds is 6. The molecule has 1 saturated heterocycles. The number of hydrogen-bond donors (Lipinski definition) is 1. The zero-order valence-electron chi connectivity index (χ0n) is 12.3. The van der Waals surface area contributed by atoms with Crippen LogP contribution in [0.1, 0.15) is 32.3 Å². The lowest BCUT2D eigenvalue weighted by Gasteiger charge is -2.23. The van der Waals surface area contributed by atoms with Crippen molar-refractivity contribution in [1.29, 1.82) is 0 Å². The number of hydrogen-bond acceptors (Lipinski definition) is 3. The van der Waals surface area contributed by atoms with E-state index >= 15 is 0 Å². The Balaban J connectivity index is 1.94. The summed E-state index contributed by atoms with van der Waals surface area (Å²) in [6, 6.07) is 6.28. The number of halogens is 1. The molecule has 0 aliphatic carbocycles. The van der Waals surface area contributed by atoms with Gasteiger partial charge in [0.25, 0.3) is 0 Å². The third-order valence-electron chi connectivity index (χ3n) is 3.54. The Kier molecular flexibility index (Phi) is 6.14. The van der Waals surface area contributed by atoms with Gasteiger partial charge < -0.3 is 14.8 Å². The van der Waals surface area contributed by atoms with E-state index in [-0.39, 0.29) is 0 Å². The van der Waals surface area contributed by atoms with Crippen LogP contribution in [0.4, 0.5) is 0 Å². The second kappa shape index (κ2) is 7.87. The van der Waals surface area contributed by atoms with Crippen LogP contribution in [0.5, 0.6) is 5.75 Å². The third kappa shape index (κ3) is 4.97. The van der Waals surface area contributed by atoms with Crippen molar-refractivity contribution in [2.75, 3.05) is 19.8 Å². The summed E-state index contributed by atoms with van der Waals surface area (Å²) in [5, 5.41) is 4.16. The van der Waals surface area contributed by atoms with E-state index in [0.29, 0.717) is 12.0 Å². The summed E-state index contributed by atoms with van der Waals surface area (Å²) in [5.41, 5.74) is 1.12. The molecule has 0 radical (unpaired) electrons. The molecule has 2 rings (SSSR count). The van der Waals surface area contributed by atoms with Crippen LogP contribution < -0.4 is 10.1 Å². The summed E-state index contributed by atoms with van der Waals surface area (Å²) in [4.78, 5) is 0. The Morgan fingerprint density at radius 3 is 2.80 bits per heavy atom. The first kappa shape index (κ1) is 15.6. The van der Waals surface area contributed by atoms with Crippen LogP contribution in [-0.4, -0.2) is 25.9 Å². The van der Waals surface area contributed by atoms with Gasteiger partial charge in [0.2, 0.25) is 0 Å². The van der Waals surface area contributed by atoms with Gasteiger partial charge in [0.15, 0.2) is 0 Å². The lowest BCUT2D eigenvalue weighted by atomic mass is 10.0. The van der Waals surface area contributed by atoms with Crippen LogP contribution >= 0.6 is 11.6 Å².